The molecule has 94 valence electrons. The van der Waals surface area contributed by atoms with Gasteiger partial charge in [-0.1, -0.05) is 13.3 Å². The average molecular weight is 300 g/mol. The predicted octanol–water partition coefficient (Wildman–Crippen LogP) is 3.47. The summed E-state index contributed by atoms with van der Waals surface area (Å²) in [6.07, 6.45) is 1.93. The zero-order valence-corrected chi connectivity index (χ0v) is 12.1. The van der Waals surface area contributed by atoms with Crippen molar-refractivity contribution in [1.29, 1.82) is 0 Å². The van der Waals surface area contributed by atoms with Crippen molar-refractivity contribution in [2.24, 2.45) is 0 Å². The number of carbonyl (C=O) groups excluding carboxylic acids is 1. The molecule has 0 bridgehead atoms. The first-order chi connectivity index (χ1) is 8.06. The highest BCUT2D eigenvalue weighted by molar-refractivity contribution is 9.10. The highest BCUT2D eigenvalue weighted by Gasteiger charge is 2.10. The van der Waals surface area contributed by atoms with E-state index in [1.165, 1.54) is 0 Å². The topological polar surface area (TPSA) is 29.5 Å². The van der Waals surface area contributed by atoms with Gasteiger partial charge in [0.1, 0.15) is 0 Å². The molecular formula is C13H18BrNO2. The molecule has 1 aromatic carbocycles. The molecule has 4 heteroatoms. The predicted molar refractivity (Wildman–Crippen MR) is 73.7 cm³/mol. The molecule has 0 N–H and O–H groups in total. The summed E-state index contributed by atoms with van der Waals surface area (Å²) in [5.74, 6) is -0.260. The molecule has 0 radical (unpaired) electrons. The quantitative estimate of drug-likeness (QED) is 0.616. The minimum atomic E-state index is -0.260. The van der Waals surface area contributed by atoms with Gasteiger partial charge in [-0.05, 0) is 40.5 Å². The Morgan fingerprint density at radius 3 is 2.65 bits per heavy atom. The van der Waals surface area contributed by atoms with E-state index in [-0.39, 0.29) is 5.97 Å². The zero-order chi connectivity index (χ0) is 12.8. The van der Waals surface area contributed by atoms with Gasteiger partial charge >= 0.3 is 5.97 Å². The Bertz CT molecular complexity index is 391. The molecule has 0 aliphatic carbocycles. The highest BCUT2D eigenvalue weighted by Crippen LogP contribution is 2.26. The van der Waals surface area contributed by atoms with Crippen molar-refractivity contribution in [3.05, 3.63) is 28.2 Å². The molecule has 0 atom stereocenters. The van der Waals surface area contributed by atoms with Crippen LogP contribution < -0.4 is 4.90 Å². The molecule has 0 aliphatic rings. The summed E-state index contributed by atoms with van der Waals surface area (Å²) in [7, 11) is 3.92. The summed E-state index contributed by atoms with van der Waals surface area (Å²) in [6.45, 7) is 2.55. The highest BCUT2D eigenvalue weighted by atomic mass is 79.9. The largest absolute Gasteiger partial charge is 0.462 e. The van der Waals surface area contributed by atoms with E-state index in [0.717, 1.165) is 23.0 Å². The number of rotatable bonds is 5. The number of hydrogen-bond acceptors (Lipinski definition) is 3. The molecular weight excluding hydrogens is 282 g/mol. The van der Waals surface area contributed by atoms with Crippen molar-refractivity contribution in [2.45, 2.75) is 19.8 Å². The molecule has 1 aromatic rings. The van der Waals surface area contributed by atoms with E-state index in [4.69, 9.17) is 4.74 Å². The van der Waals surface area contributed by atoms with E-state index in [1.54, 1.807) is 12.1 Å². The molecule has 0 amide bonds. The molecule has 0 saturated heterocycles. The lowest BCUT2D eigenvalue weighted by Crippen LogP contribution is -2.11. The van der Waals surface area contributed by atoms with Crippen LogP contribution in [0.4, 0.5) is 5.69 Å². The van der Waals surface area contributed by atoms with Crippen LogP contribution in [0.3, 0.4) is 0 Å². The number of unbranched alkanes of at least 4 members (excludes halogenated alkanes) is 1. The van der Waals surface area contributed by atoms with Crippen molar-refractivity contribution in [3.8, 4) is 0 Å². The van der Waals surface area contributed by atoms with Gasteiger partial charge in [-0.25, -0.2) is 4.79 Å². The molecule has 0 heterocycles. The van der Waals surface area contributed by atoms with Crippen LogP contribution in [0.2, 0.25) is 0 Å². The zero-order valence-electron chi connectivity index (χ0n) is 10.5. The van der Waals surface area contributed by atoms with Crippen molar-refractivity contribution in [1.82, 2.24) is 0 Å². The van der Waals surface area contributed by atoms with Gasteiger partial charge in [0.05, 0.1) is 17.9 Å². The number of ether oxygens (including phenoxy) is 1. The summed E-state index contributed by atoms with van der Waals surface area (Å²) >= 11 is 3.45. The Hall–Kier alpha value is -1.03. The third-order valence-corrected chi connectivity index (χ3v) is 3.03. The van der Waals surface area contributed by atoms with Gasteiger partial charge in [0.25, 0.3) is 0 Å². The molecule has 1 rings (SSSR count). The number of carbonyl (C=O) groups is 1. The second kappa shape index (κ2) is 6.64. The smallest absolute Gasteiger partial charge is 0.338 e. The Morgan fingerprint density at radius 2 is 2.12 bits per heavy atom. The molecule has 0 aromatic heterocycles. The van der Waals surface area contributed by atoms with Gasteiger partial charge in [-0.15, -0.1) is 0 Å². The van der Waals surface area contributed by atoms with Gasteiger partial charge in [0.15, 0.2) is 0 Å². The van der Waals surface area contributed by atoms with Crippen LogP contribution in [0.15, 0.2) is 22.7 Å². The van der Waals surface area contributed by atoms with Crippen LogP contribution in [-0.4, -0.2) is 26.7 Å². The van der Waals surface area contributed by atoms with Gasteiger partial charge in [-0.3, -0.25) is 0 Å². The third-order valence-electron chi connectivity index (χ3n) is 2.40. The van der Waals surface area contributed by atoms with Crippen LogP contribution in [0.5, 0.6) is 0 Å². The Labute approximate surface area is 111 Å². The maximum absolute atomic E-state index is 11.7. The fourth-order valence-corrected chi connectivity index (χ4v) is 2.12. The first-order valence-corrected chi connectivity index (χ1v) is 6.49. The van der Waals surface area contributed by atoms with E-state index >= 15 is 0 Å². The monoisotopic (exact) mass is 299 g/mol. The van der Waals surface area contributed by atoms with E-state index in [1.807, 2.05) is 25.1 Å². The Balaban J connectivity index is 2.72. The number of benzene rings is 1. The third kappa shape index (κ3) is 4.04. The number of esters is 1. The first-order valence-electron chi connectivity index (χ1n) is 5.70. The van der Waals surface area contributed by atoms with Crippen molar-refractivity contribution in [3.63, 3.8) is 0 Å². The lowest BCUT2D eigenvalue weighted by Gasteiger charge is -2.15. The van der Waals surface area contributed by atoms with Gasteiger partial charge in [0.2, 0.25) is 0 Å². The second-order valence-corrected chi connectivity index (χ2v) is 4.90. The second-order valence-electron chi connectivity index (χ2n) is 4.05. The number of hydrogen-bond donors (Lipinski definition) is 0. The van der Waals surface area contributed by atoms with Crippen LogP contribution in [0, 0.1) is 0 Å². The first kappa shape index (κ1) is 14.0. The van der Waals surface area contributed by atoms with Crippen molar-refractivity contribution < 1.29 is 9.53 Å². The molecule has 0 saturated carbocycles. The molecule has 0 spiro atoms. The maximum Gasteiger partial charge on any atom is 0.338 e. The van der Waals surface area contributed by atoms with Crippen LogP contribution in [0.25, 0.3) is 0 Å². The minimum Gasteiger partial charge on any atom is -0.462 e. The normalized spacial score (nSPS) is 10.1. The summed E-state index contributed by atoms with van der Waals surface area (Å²) in [5.41, 5.74) is 1.62. The van der Waals surface area contributed by atoms with Crippen LogP contribution >= 0.6 is 15.9 Å². The van der Waals surface area contributed by atoms with Gasteiger partial charge in [0, 0.05) is 18.6 Å². The Morgan fingerprint density at radius 1 is 1.41 bits per heavy atom. The number of anilines is 1. The van der Waals surface area contributed by atoms with Crippen molar-refractivity contribution in [2.75, 3.05) is 25.6 Å². The Kier molecular flexibility index (Phi) is 5.48. The van der Waals surface area contributed by atoms with E-state index in [9.17, 15) is 4.79 Å². The summed E-state index contributed by atoms with van der Waals surface area (Å²) in [5, 5.41) is 0. The average Bonchev–Trinajstić information content (AvgIpc) is 2.28. The minimum absolute atomic E-state index is 0.260. The van der Waals surface area contributed by atoms with E-state index < -0.39 is 0 Å². The maximum atomic E-state index is 11.7. The summed E-state index contributed by atoms with van der Waals surface area (Å²) < 4.78 is 6.05. The molecule has 3 nitrogen and oxygen atoms in total. The molecule has 0 aliphatic heterocycles. The summed E-state index contributed by atoms with van der Waals surface area (Å²) in [4.78, 5) is 13.7. The standard InChI is InChI=1S/C13H18BrNO2/c1-4-5-8-17-13(16)10-6-7-12(15(2)3)11(14)9-10/h6-7,9H,4-5,8H2,1-3H3. The lowest BCUT2D eigenvalue weighted by atomic mass is 10.2. The number of nitrogens with zero attached hydrogens (tertiary/aromatic N) is 1. The van der Waals surface area contributed by atoms with E-state index in [0.29, 0.717) is 12.2 Å². The summed E-state index contributed by atoms with van der Waals surface area (Å²) in [6, 6.07) is 5.48. The van der Waals surface area contributed by atoms with Crippen molar-refractivity contribution >= 4 is 27.6 Å². The number of halogens is 1. The van der Waals surface area contributed by atoms with Crippen LogP contribution in [0.1, 0.15) is 30.1 Å². The van der Waals surface area contributed by atoms with Gasteiger partial charge in [-0.2, -0.15) is 0 Å². The molecule has 0 unspecified atom stereocenters. The molecule has 0 fully saturated rings. The van der Waals surface area contributed by atoms with Crippen LogP contribution in [-0.2, 0) is 4.74 Å². The fourth-order valence-electron chi connectivity index (χ4n) is 1.39. The molecule has 17 heavy (non-hydrogen) atoms. The fraction of sp³-hybridized carbons (Fsp3) is 0.462. The van der Waals surface area contributed by atoms with E-state index in [2.05, 4.69) is 22.9 Å². The SMILES string of the molecule is CCCCOC(=O)c1ccc(N(C)C)c(Br)c1. The lowest BCUT2D eigenvalue weighted by molar-refractivity contribution is 0.0499. The van der Waals surface area contributed by atoms with Gasteiger partial charge < -0.3 is 9.64 Å².